The van der Waals surface area contributed by atoms with Crippen LogP contribution in [0, 0.1) is 55.4 Å². The first-order valence-electron chi connectivity index (χ1n) is 28.8. The summed E-state index contributed by atoms with van der Waals surface area (Å²) >= 11 is 0. The van der Waals surface area contributed by atoms with Crippen LogP contribution in [0.3, 0.4) is 0 Å². The summed E-state index contributed by atoms with van der Waals surface area (Å²) in [5, 5.41) is 8.91. The van der Waals surface area contributed by atoms with Crippen molar-refractivity contribution in [2.45, 2.75) is 134 Å². The van der Waals surface area contributed by atoms with Gasteiger partial charge in [-0.25, -0.2) is 0 Å². The van der Waals surface area contributed by atoms with Crippen LogP contribution < -0.4 is 9.80 Å². The van der Waals surface area contributed by atoms with E-state index in [4.69, 9.17) is 8.83 Å². The highest BCUT2D eigenvalue weighted by molar-refractivity contribution is 6.36. The second kappa shape index (κ2) is 18.3. The molecule has 0 fully saturated rings. The van der Waals surface area contributed by atoms with Gasteiger partial charge in [-0.1, -0.05) is 110 Å². The van der Waals surface area contributed by atoms with E-state index in [-0.39, 0.29) is 0 Å². The molecule has 0 aliphatic rings. The number of para-hydroxylation sites is 3. The Hall–Kier alpha value is -8.02. The topological polar surface area (TPSA) is 37.2 Å². The summed E-state index contributed by atoms with van der Waals surface area (Å²) in [6, 6.07) is 48.4. The molecule has 0 atom stereocenters. The number of hydrogen-bond acceptors (Lipinski definition) is 4. The molecule has 0 bridgehead atoms. The number of aromatic nitrogens is 1. The first-order chi connectivity index (χ1) is 37.8. The highest BCUT2D eigenvalue weighted by atomic mass is 16.3. The fourth-order valence-electron chi connectivity index (χ4n) is 15.3. The van der Waals surface area contributed by atoms with Gasteiger partial charge in [-0.3, -0.25) is 0 Å². The Labute approximate surface area is 465 Å². The summed E-state index contributed by atoms with van der Waals surface area (Å²) in [6.45, 7) is 36.8. The van der Waals surface area contributed by atoms with Crippen LogP contribution >= 0.6 is 0 Å². The van der Waals surface area contributed by atoms with Gasteiger partial charge in [0, 0.05) is 65.8 Å². The zero-order valence-corrected chi connectivity index (χ0v) is 49.1. The maximum Gasteiger partial charge on any atom is 0.160 e. The average molecular weight is 1040 g/mol. The SMILES string of the molecule is Cc1cc(N(c2cc(C)c(C(C)C)c(C)c2)c2cc3c4ccccc4oc3c3c2c2cccc4c5c(N(c6cc(C)c(C(C)C)c(C)c6)c6cc(C)c(C(C)C)c(C)c6)cc6c7ccccc7oc6c5n3c24)cc(C)c1C(C)C. The Kier molecular flexibility index (Phi) is 11.7. The van der Waals surface area contributed by atoms with Gasteiger partial charge in [0.15, 0.2) is 11.2 Å². The van der Waals surface area contributed by atoms with E-state index in [0.717, 1.165) is 116 Å². The van der Waals surface area contributed by atoms with Crippen molar-refractivity contribution >= 4 is 116 Å². The van der Waals surface area contributed by atoms with Gasteiger partial charge in [-0.15, -0.1) is 0 Å². The van der Waals surface area contributed by atoms with E-state index in [1.54, 1.807) is 0 Å². The molecule has 4 aromatic heterocycles. The van der Waals surface area contributed by atoms with E-state index < -0.39 is 0 Å². The van der Waals surface area contributed by atoms with E-state index in [9.17, 15) is 0 Å². The molecular weight excluding hydrogens is 963 g/mol. The molecule has 0 N–H and O–H groups in total. The van der Waals surface area contributed by atoms with Crippen molar-refractivity contribution < 1.29 is 8.83 Å². The number of benzene rings is 9. The minimum absolute atomic E-state index is 0.391. The van der Waals surface area contributed by atoms with Crippen LogP contribution in [0.25, 0.3) is 82.0 Å². The van der Waals surface area contributed by atoms with Gasteiger partial charge in [-0.2, -0.15) is 0 Å². The number of anilines is 6. The van der Waals surface area contributed by atoms with E-state index in [1.807, 2.05) is 0 Å². The molecule has 396 valence electrons. The molecule has 9 aromatic carbocycles. The Balaban J connectivity index is 1.25. The number of rotatable bonds is 10. The maximum absolute atomic E-state index is 7.30. The van der Waals surface area contributed by atoms with Gasteiger partial charge in [0.2, 0.25) is 0 Å². The molecule has 13 rings (SSSR count). The fourth-order valence-corrected chi connectivity index (χ4v) is 15.3. The molecule has 0 radical (unpaired) electrons. The molecule has 0 aliphatic carbocycles. The lowest BCUT2D eigenvalue weighted by atomic mass is 9.91. The van der Waals surface area contributed by atoms with Gasteiger partial charge in [-0.05, 0) is 219 Å². The van der Waals surface area contributed by atoms with Crippen molar-refractivity contribution in [3.05, 3.63) is 194 Å². The van der Waals surface area contributed by atoms with Crippen molar-refractivity contribution in [3.8, 4) is 0 Å². The van der Waals surface area contributed by atoms with Gasteiger partial charge in [0.1, 0.15) is 22.2 Å². The molecular formula is C74H73N3O2. The van der Waals surface area contributed by atoms with Crippen LogP contribution in [0.2, 0.25) is 0 Å². The van der Waals surface area contributed by atoms with Gasteiger partial charge >= 0.3 is 0 Å². The summed E-state index contributed by atoms with van der Waals surface area (Å²) in [5.41, 5.74) is 29.4. The molecule has 0 amide bonds. The van der Waals surface area contributed by atoms with Gasteiger partial charge < -0.3 is 23.0 Å². The van der Waals surface area contributed by atoms with Gasteiger partial charge in [0.05, 0.1) is 16.9 Å². The molecule has 79 heavy (non-hydrogen) atoms. The van der Waals surface area contributed by atoms with Crippen molar-refractivity contribution in [1.82, 2.24) is 4.40 Å². The Morgan fingerprint density at radius 1 is 0.316 bits per heavy atom. The average Bonchev–Trinajstić information content (AvgIpc) is 2.51. The third kappa shape index (κ3) is 7.48. The van der Waals surface area contributed by atoms with Crippen LogP contribution in [0.1, 0.15) is 146 Å². The normalized spacial score (nSPS) is 12.5. The van der Waals surface area contributed by atoms with Crippen molar-refractivity contribution in [1.29, 1.82) is 0 Å². The molecule has 5 heteroatoms. The minimum atomic E-state index is 0.391. The summed E-state index contributed by atoms with van der Waals surface area (Å²) in [4.78, 5) is 5.12. The Bertz CT molecular complexity index is 4150. The summed E-state index contributed by atoms with van der Waals surface area (Å²) in [5.74, 6) is 1.57. The number of fused-ring (bicyclic) bond motifs is 14. The fraction of sp³-hybridized carbons (Fsp3) is 0.270. The Morgan fingerprint density at radius 2 is 0.595 bits per heavy atom. The second-order valence-corrected chi connectivity index (χ2v) is 24.5. The van der Waals surface area contributed by atoms with E-state index in [0.29, 0.717) is 23.7 Å². The van der Waals surface area contributed by atoms with E-state index in [1.165, 1.54) is 66.8 Å². The van der Waals surface area contributed by atoms with Crippen LogP contribution in [-0.4, -0.2) is 4.40 Å². The highest BCUT2D eigenvalue weighted by Gasteiger charge is 2.33. The van der Waals surface area contributed by atoms with Crippen LogP contribution in [0.4, 0.5) is 34.1 Å². The smallest absolute Gasteiger partial charge is 0.160 e. The van der Waals surface area contributed by atoms with E-state index >= 15 is 0 Å². The quantitative estimate of drug-likeness (QED) is 0.137. The molecule has 0 spiro atoms. The lowest BCUT2D eigenvalue weighted by Gasteiger charge is -2.30. The summed E-state index contributed by atoms with van der Waals surface area (Å²) in [7, 11) is 0. The first-order valence-corrected chi connectivity index (χ1v) is 28.8. The van der Waals surface area contributed by atoms with Gasteiger partial charge in [0.25, 0.3) is 0 Å². The molecule has 13 aromatic rings. The highest BCUT2D eigenvalue weighted by Crippen LogP contribution is 2.55. The standard InChI is InChI=1S/C74H73N3O2/c1-38(2)64-42(9)28-50(29-43(64)10)75(51-30-44(11)65(39(3)4)45(12)31-51)60-36-58-54-22-17-19-26-62(54)78-73(58)71-68(60)56-24-21-25-57-69-61(37-59-55-23-18-20-27-63(55)79-74(59)72(69)77(71)70(56)57)76(52-32-46(13)66(40(5)6)47(14)33-52)53-34-48(15)67(41(7)8)49(16)35-53/h17-41H,1-16H3. The van der Waals surface area contributed by atoms with Crippen molar-refractivity contribution in [2.24, 2.45) is 0 Å². The molecule has 0 aliphatic heterocycles. The van der Waals surface area contributed by atoms with Crippen LogP contribution in [-0.2, 0) is 0 Å². The minimum Gasteiger partial charge on any atom is -0.454 e. The predicted octanol–water partition coefficient (Wildman–Crippen LogP) is 22.5. The lowest BCUT2D eigenvalue weighted by molar-refractivity contribution is 0.670. The van der Waals surface area contributed by atoms with E-state index in [2.05, 4.69) is 252 Å². The predicted molar refractivity (Wildman–Crippen MR) is 339 cm³/mol. The number of aryl methyl sites for hydroxylation is 8. The number of nitrogens with zero attached hydrogens (tertiary/aromatic N) is 3. The molecule has 0 saturated heterocycles. The monoisotopic (exact) mass is 1040 g/mol. The van der Waals surface area contributed by atoms with Crippen LogP contribution in [0.5, 0.6) is 0 Å². The lowest BCUT2D eigenvalue weighted by Crippen LogP contribution is -2.13. The third-order valence-corrected chi connectivity index (χ3v) is 17.6. The van der Waals surface area contributed by atoms with Crippen molar-refractivity contribution in [3.63, 3.8) is 0 Å². The number of hydrogen-bond donors (Lipinski definition) is 0. The second-order valence-electron chi connectivity index (χ2n) is 24.5. The van der Waals surface area contributed by atoms with Crippen LogP contribution in [0.15, 0.2) is 136 Å². The third-order valence-electron chi connectivity index (χ3n) is 17.6. The molecule has 0 saturated carbocycles. The first kappa shape index (κ1) is 50.5. The summed E-state index contributed by atoms with van der Waals surface area (Å²) in [6.07, 6.45) is 0. The van der Waals surface area contributed by atoms with Crippen molar-refractivity contribution in [2.75, 3.05) is 9.80 Å². The molecule has 4 heterocycles. The summed E-state index contributed by atoms with van der Waals surface area (Å²) < 4.78 is 17.1. The number of furan rings is 2. The zero-order valence-electron chi connectivity index (χ0n) is 49.1. The molecule has 5 nitrogen and oxygen atoms in total. The Morgan fingerprint density at radius 3 is 0.886 bits per heavy atom. The zero-order chi connectivity index (χ0) is 55.4. The largest absolute Gasteiger partial charge is 0.454 e. The molecule has 0 unspecified atom stereocenters. The maximum atomic E-state index is 7.30.